The summed E-state index contributed by atoms with van der Waals surface area (Å²) in [5, 5.41) is 3.27. The third-order valence-electron chi connectivity index (χ3n) is 3.29. The maximum Gasteiger partial charge on any atom is 0.0570 e. The summed E-state index contributed by atoms with van der Waals surface area (Å²) in [6, 6.07) is 12.4. The molecule has 0 saturated carbocycles. The summed E-state index contributed by atoms with van der Waals surface area (Å²) in [4.78, 5) is 4.09. The van der Waals surface area contributed by atoms with Crippen molar-refractivity contribution in [1.82, 2.24) is 4.98 Å². The van der Waals surface area contributed by atoms with Crippen molar-refractivity contribution in [2.45, 2.75) is 27.7 Å². The number of aromatic nitrogens is 1. The van der Waals surface area contributed by atoms with Gasteiger partial charge in [0.15, 0.2) is 0 Å². The standard InChI is InChI=1S/C20H24N2/c1-15(13-20(3,4)5)17-8-10-18(11-9-17)16(2)22-19-7-6-12-21-14-19/h6-14,22H,2H2,1,3-5H3/b15-13+. The topological polar surface area (TPSA) is 24.9 Å². The zero-order chi connectivity index (χ0) is 16.2. The van der Waals surface area contributed by atoms with Crippen LogP contribution < -0.4 is 5.32 Å². The first-order valence-corrected chi connectivity index (χ1v) is 7.51. The molecule has 1 heterocycles. The van der Waals surface area contributed by atoms with Gasteiger partial charge < -0.3 is 5.32 Å². The Labute approximate surface area is 133 Å². The van der Waals surface area contributed by atoms with E-state index < -0.39 is 0 Å². The summed E-state index contributed by atoms with van der Waals surface area (Å²) in [6.07, 6.45) is 5.84. The van der Waals surface area contributed by atoms with E-state index in [0.29, 0.717) is 0 Å². The van der Waals surface area contributed by atoms with Crippen LogP contribution in [-0.4, -0.2) is 4.98 Å². The third-order valence-corrected chi connectivity index (χ3v) is 3.29. The number of nitrogens with one attached hydrogen (secondary N) is 1. The van der Waals surface area contributed by atoms with Gasteiger partial charge in [0.1, 0.15) is 0 Å². The summed E-state index contributed by atoms with van der Waals surface area (Å²) in [5.41, 5.74) is 5.63. The van der Waals surface area contributed by atoms with Gasteiger partial charge >= 0.3 is 0 Å². The zero-order valence-electron chi connectivity index (χ0n) is 13.9. The van der Waals surface area contributed by atoms with Crippen LogP contribution >= 0.6 is 0 Å². The van der Waals surface area contributed by atoms with E-state index in [1.807, 2.05) is 12.1 Å². The Morgan fingerprint density at radius 2 is 1.73 bits per heavy atom. The van der Waals surface area contributed by atoms with Crippen LogP contribution in [0.2, 0.25) is 0 Å². The van der Waals surface area contributed by atoms with Gasteiger partial charge in [0.2, 0.25) is 0 Å². The molecule has 2 heteroatoms. The van der Waals surface area contributed by atoms with Crippen LogP contribution in [0.3, 0.4) is 0 Å². The second-order valence-electron chi connectivity index (χ2n) is 6.62. The Kier molecular flexibility index (Phi) is 4.81. The molecule has 2 rings (SSSR count). The van der Waals surface area contributed by atoms with Crippen LogP contribution in [0.25, 0.3) is 11.3 Å². The van der Waals surface area contributed by atoms with E-state index in [9.17, 15) is 0 Å². The largest absolute Gasteiger partial charge is 0.354 e. The first-order chi connectivity index (χ1) is 10.3. The maximum atomic E-state index is 4.10. The number of benzene rings is 1. The highest BCUT2D eigenvalue weighted by Gasteiger charge is 2.07. The lowest BCUT2D eigenvalue weighted by molar-refractivity contribution is 0.545. The molecule has 0 bridgehead atoms. The van der Waals surface area contributed by atoms with Crippen molar-refractivity contribution >= 4 is 17.0 Å². The van der Waals surface area contributed by atoms with E-state index in [0.717, 1.165) is 16.9 Å². The van der Waals surface area contributed by atoms with Crippen molar-refractivity contribution < 1.29 is 0 Å². The molecule has 0 aliphatic rings. The summed E-state index contributed by atoms with van der Waals surface area (Å²) >= 11 is 0. The minimum absolute atomic E-state index is 0.189. The normalized spacial score (nSPS) is 12.1. The van der Waals surface area contributed by atoms with Crippen molar-refractivity contribution in [2.24, 2.45) is 5.41 Å². The van der Waals surface area contributed by atoms with Gasteiger partial charge in [-0.3, -0.25) is 4.98 Å². The van der Waals surface area contributed by atoms with Gasteiger partial charge in [-0.05, 0) is 41.2 Å². The molecule has 0 radical (unpaired) electrons. The van der Waals surface area contributed by atoms with Gasteiger partial charge in [-0.15, -0.1) is 0 Å². The fourth-order valence-corrected chi connectivity index (χ4v) is 2.35. The van der Waals surface area contributed by atoms with Crippen LogP contribution in [0, 0.1) is 5.41 Å². The average molecular weight is 292 g/mol. The quantitative estimate of drug-likeness (QED) is 0.791. The Morgan fingerprint density at radius 3 is 2.27 bits per heavy atom. The minimum Gasteiger partial charge on any atom is -0.354 e. The predicted octanol–water partition coefficient (Wildman–Crippen LogP) is 5.61. The number of nitrogens with zero attached hydrogens (tertiary/aromatic N) is 1. The van der Waals surface area contributed by atoms with Crippen molar-refractivity contribution in [3.63, 3.8) is 0 Å². The maximum absolute atomic E-state index is 4.10. The molecule has 0 unspecified atom stereocenters. The van der Waals surface area contributed by atoms with Crippen LogP contribution in [0.1, 0.15) is 38.8 Å². The van der Waals surface area contributed by atoms with Crippen LogP contribution in [0.15, 0.2) is 61.4 Å². The minimum atomic E-state index is 0.189. The fraction of sp³-hybridized carbons (Fsp3) is 0.250. The first kappa shape index (κ1) is 16.0. The van der Waals surface area contributed by atoms with Gasteiger partial charge in [-0.25, -0.2) is 0 Å². The van der Waals surface area contributed by atoms with Crippen molar-refractivity contribution in [1.29, 1.82) is 0 Å². The van der Waals surface area contributed by atoms with Gasteiger partial charge in [0.25, 0.3) is 0 Å². The van der Waals surface area contributed by atoms with Crippen LogP contribution in [-0.2, 0) is 0 Å². The number of rotatable bonds is 4. The van der Waals surface area contributed by atoms with Gasteiger partial charge in [-0.2, -0.15) is 0 Å². The zero-order valence-corrected chi connectivity index (χ0v) is 13.9. The molecule has 0 aliphatic heterocycles. The number of hydrogen-bond donors (Lipinski definition) is 1. The Bertz CT molecular complexity index is 659. The van der Waals surface area contributed by atoms with E-state index in [-0.39, 0.29) is 5.41 Å². The summed E-state index contributed by atoms with van der Waals surface area (Å²) in [5.74, 6) is 0. The Morgan fingerprint density at radius 1 is 1.09 bits per heavy atom. The van der Waals surface area contributed by atoms with Crippen LogP contribution in [0.4, 0.5) is 5.69 Å². The molecule has 0 fully saturated rings. The molecule has 1 N–H and O–H groups in total. The average Bonchev–Trinajstić information content (AvgIpc) is 2.46. The van der Waals surface area contributed by atoms with Crippen molar-refractivity contribution in [3.05, 3.63) is 72.6 Å². The van der Waals surface area contributed by atoms with Crippen molar-refractivity contribution in [2.75, 3.05) is 5.32 Å². The number of pyridine rings is 1. The van der Waals surface area contributed by atoms with E-state index >= 15 is 0 Å². The SMILES string of the molecule is C=C(Nc1cccnc1)c1ccc(/C(C)=C/C(C)(C)C)cc1. The second-order valence-corrected chi connectivity index (χ2v) is 6.62. The lowest BCUT2D eigenvalue weighted by Gasteiger charge is -2.15. The molecule has 22 heavy (non-hydrogen) atoms. The summed E-state index contributed by atoms with van der Waals surface area (Å²) in [6.45, 7) is 12.9. The summed E-state index contributed by atoms with van der Waals surface area (Å²) < 4.78 is 0. The third kappa shape index (κ3) is 4.59. The highest BCUT2D eigenvalue weighted by atomic mass is 14.9. The molecule has 114 valence electrons. The Hall–Kier alpha value is -2.35. The van der Waals surface area contributed by atoms with Crippen molar-refractivity contribution in [3.8, 4) is 0 Å². The van der Waals surface area contributed by atoms with Crippen LogP contribution in [0.5, 0.6) is 0 Å². The van der Waals surface area contributed by atoms with E-state index in [1.165, 1.54) is 11.1 Å². The highest BCUT2D eigenvalue weighted by Crippen LogP contribution is 2.24. The molecule has 0 atom stereocenters. The lowest BCUT2D eigenvalue weighted by Crippen LogP contribution is -2.00. The number of anilines is 1. The monoisotopic (exact) mass is 292 g/mol. The molecule has 2 nitrogen and oxygen atoms in total. The molecule has 1 aromatic heterocycles. The van der Waals surface area contributed by atoms with E-state index in [4.69, 9.17) is 0 Å². The molecular formula is C20H24N2. The first-order valence-electron chi connectivity index (χ1n) is 7.51. The molecular weight excluding hydrogens is 268 g/mol. The second kappa shape index (κ2) is 6.61. The van der Waals surface area contributed by atoms with Gasteiger partial charge in [-0.1, -0.05) is 57.7 Å². The highest BCUT2D eigenvalue weighted by molar-refractivity contribution is 5.76. The molecule has 0 spiro atoms. The smallest absolute Gasteiger partial charge is 0.0570 e. The summed E-state index contributed by atoms with van der Waals surface area (Å²) in [7, 11) is 0. The molecule has 0 aliphatic carbocycles. The molecule has 0 amide bonds. The van der Waals surface area contributed by atoms with Gasteiger partial charge in [0, 0.05) is 11.9 Å². The molecule has 2 aromatic rings. The predicted molar refractivity (Wildman–Crippen MR) is 96.4 cm³/mol. The molecule has 1 aromatic carbocycles. The lowest BCUT2D eigenvalue weighted by atomic mass is 9.91. The molecule has 0 saturated heterocycles. The fourth-order valence-electron chi connectivity index (χ4n) is 2.35. The number of allylic oxidation sites excluding steroid dienone is 2. The van der Waals surface area contributed by atoms with E-state index in [2.05, 4.69) is 74.9 Å². The van der Waals surface area contributed by atoms with E-state index in [1.54, 1.807) is 12.4 Å². The van der Waals surface area contributed by atoms with Gasteiger partial charge in [0.05, 0.1) is 11.9 Å². The Balaban J connectivity index is 2.12. The number of hydrogen-bond acceptors (Lipinski definition) is 2.